The lowest BCUT2D eigenvalue weighted by atomic mass is 10.1. The highest BCUT2D eigenvalue weighted by Crippen LogP contribution is 2.23. The Hall–Kier alpha value is -1.61. The monoisotopic (exact) mass is 338 g/mol. The zero-order valence-corrected chi connectivity index (χ0v) is 14.2. The highest BCUT2D eigenvalue weighted by molar-refractivity contribution is 7.98. The van der Waals surface area contributed by atoms with Gasteiger partial charge in [-0.2, -0.15) is 14.5 Å². The first-order valence-electron chi connectivity index (χ1n) is 7.10. The molecule has 1 N–H and O–H groups in total. The molecule has 0 bridgehead atoms. The van der Waals surface area contributed by atoms with Gasteiger partial charge in [-0.15, -0.1) is 0 Å². The van der Waals surface area contributed by atoms with E-state index < -0.39 is 0 Å². The standard InChI is InChI=1S/C13H18N6OS2/c1-9-6-14-19(7-9)10-4-3-5-18(8-10)13(20)16-11-15-12(21-2)17-22-11/h6-7,10H,3-5,8H2,1-2H3,(H,15,16,17,20)/t10-/m1/s1. The van der Waals surface area contributed by atoms with Crippen LogP contribution in [0, 0.1) is 6.92 Å². The molecule has 1 saturated heterocycles. The first-order valence-corrected chi connectivity index (χ1v) is 9.10. The maximum absolute atomic E-state index is 12.4. The largest absolute Gasteiger partial charge is 0.323 e. The van der Waals surface area contributed by atoms with Crippen molar-refractivity contribution in [3.05, 3.63) is 18.0 Å². The summed E-state index contributed by atoms with van der Waals surface area (Å²) in [5.41, 5.74) is 1.14. The van der Waals surface area contributed by atoms with E-state index in [0.717, 1.165) is 24.9 Å². The second kappa shape index (κ2) is 6.66. The minimum Gasteiger partial charge on any atom is -0.322 e. The van der Waals surface area contributed by atoms with Gasteiger partial charge in [0.05, 0.1) is 12.2 Å². The molecule has 1 atom stereocenters. The minimum atomic E-state index is -0.114. The third-order valence-corrected chi connectivity index (χ3v) is 4.89. The van der Waals surface area contributed by atoms with Crippen LogP contribution in [0.1, 0.15) is 24.4 Å². The first kappa shape index (κ1) is 15.3. The van der Waals surface area contributed by atoms with Gasteiger partial charge in [0.25, 0.3) is 0 Å². The number of rotatable bonds is 3. The van der Waals surface area contributed by atoms with Gasteiger partial charge in [-0.1, -0.05) is 11.8 Å². The summed E-state index contributed by atoms with van der Waals surface area (Å²) in [4.78, 5) is 18.4. The van der Waals surface area contributed by atoms with Crippen molar-refractivity contribution in [2.45, 2.75) is 31.0 Å². The van der Waals surface area contributed by atoms with Crippen molar-refractivity contribution in [1.82, 2.24) is 24.0 Å². The van der Waals surface area contributed by atoms with E-state index in [-0.39, 0.29) is 12.1 Å². The maximum Gasteiger partial charge on any atom is 0.323 e. The normalized spacial score (nSPS) is 18.5. The lowest BCUT2D eigenvalue weighted by Crippen LogP contribution is -2.43. The highest BCUT2D eigenvalue weighted by atomic mass is 32.2. The minimum absolute atomic E-state index is 0.114. The Morgan fingerprint density at radius 3 is 3.09 bits per heavy atom. The van der Waals surface area contributed by atoms with Crippen molar-refractivity contribution < 1.29 is 4.79 Å². The maximum atomic E-state index is 12.4. The molecule has 2 aromatic rings. The number of hydrogen-bond donors (Lipinski definition) is 1. The Labute approximate surface area is 137 Å². The fourth-order valence-corrected chi connectivity index (χ4v) is 3.62. The Bertz CT molecular complexity index is 655. The van der Waals surface area contributed by atoms with Gasteiger partial charge >= 0.3 is 6.03 Å². The second-order valence-corrected chi connectivity index (χ2v) is 6.78. The number of urea groups is 1. The van der Waals surface area contributed by atoms with Gasteiger partial charge in [0.1, 0.15) is 0 Å². The fourth-order valence-electron chi connectivity index (χ4n) is 2.50. The Balaban J connectivity index is 1.62. The number of aryl methyl sites for hydroxylation is 1. The van der Waals surface area contributed by atoms with E-state index in [1.807, 2.05) is 35.2 Å². The molecular formula is C13H18N6OS2. The number of hydrogen-bond acceptors (Lipinski definition) is 6. The van der Waals surface area contributed by atoms with E-state index in [0.29, 0.717) is 16.8 Å². The van der Waals surface area contributed by atoms with Crippen molar-refractivity contribution in [3.63, 3.8) is 0 Å². The predicted molar refractivity (Wildman–Crippen MR) is 87.5 cm³/mol. The van der Waals surface area contributed by atoms with Crippen LogP contribution in [0.3, 0.4) is 0 Å². The molecule has 0 aliphatic carbocycles. The molecule has 1 fully saturated rings. The quantitative estimate of drug-likeness (QED) is 0.871. The predicted octanol–water partition coefficient (Wildman–Crippen LogP) is 2.63. The summed E-state index contributed by atoms with van der Waals surface area (Å²) in [7, 11) is 0. The van der Waals surface area contributed by atoms with Crippen molar-refractivity contribution in [3.8, 4) is 0 Å². The number of amides is 2. The van der Waals surface area contributed by atoms with Crippen LogP contribution in [-0.4, -0.2) is 49.4 Å². The molecule has 0 spiro atoms. The zero-order valence-electron chi connectivity index (χ0n) is 12.5. The molecular weight excluding hydrogens is 320 g/mol. The first-order chi connectivity index (χ1) is 10.7. The van der Waals surface area contributed by atoms with Crippen molar-refractivity contribution in [1.29, 1.82) is 0 Å². The molecule has 2 aromatic heterocycles. The van der Waals surface area contributed by atoms with Crippen molar-refractivity contribution >= 4 is 34.5 Å². The highest BCUT2D eigenvalue weighted by Gasteiger charge is 2.25. The average molecular weight is 338 g/mol. The SMILES string of the molecule is CSc1nsc(NC(=O)N2CCC[C@@H](n3cc(C)cn3)C2)n1. The number of nitrogens with one attached hydrogen (secondary N) is 1. The number of thioether (sulfide) groups is 1. The fraction of sp³-hybridized carbons (Fsp3) is 0.538. The number of anilines is 1. The average Bonchev–Trinajstić information content (AvgIpc) is 3.16. The van der Waals surface area contributed by atoms with Crippen LogP contribution in [0.25, 0.3) is 0 Å². The van der Waals surface area contributed by atoms with Gasteiger partial charge < -0.3 is 4.90 Å². The van der Waals surface area contributed by atoms with Crippen molar-refractivity contribution in [2.75, 3.05) is 24.7 Å². The number of nitrogens with zero attached hydrogens (tertiary/aromatic N) is 5. The van der Waals surface area contributed by atoms with E-state index in [9.17, 15) is 4.79 Å². The van der Waals surface area contributed by atoms with Crippen LogP contribution in [-0.2, 0) is 0 Å². The summed E-state index contributed by atoms with van der Waals surface area (Å²) >= 11 is 2.67. The molecule has 2 amide bonds. The van der Waals surface area contributed by atoms with Crippen LogP contribution in [0.4, 0.5) is 9.93 Å². The second-order valence-electron chi connectivity index (χ2n) is 5.26. The molecule has 118 valence electrons. The van der Waals surface area contributed by atoms with Gasteiger partial charge in [0.2, 0.25) is 10.3 Å². The molecule has 22 heavy (non-hydrogen) atoms. The van der Waals surface area contributed by atoms with E-state index in [1.54, 1.807) is 0 Å². The van der Waals surface area contributed by atoms with Crippen molar-refractivity contribution in [2.24, 2.45) is 0 Å². The number of likely N-dealkylation sites (tertiary alicyclic amines) is 1. The number of carbonyl (C=O) groups is 1. The molecule has 9 heteroatoms. The number of piperidine rings is 1. The summed E-state index contributed by atoms with van der Waals surface area (Å²) in [6.07, 6.45) is 7.81. The molecule has 7 nitrogen and oxygen atoms in total. The lowest BCUT2D eigenvalue weighted by molar-refractivity contribution is 0.174. The third kappa shape index (κ3) is 3.41. The van der Waals surface area contributed by atoms with Crippen LogP contribution in [0.5, 0.6) is 0 Å². The van der Waals surface area contributed by atoms with Gasteiger partial charge in [0.15, 0.2) is 0 Å². The molecule has 3 rings (SSSR count). The van der Waals surface area contributed by atoms with E-state index >= 15 is 0 Å². The Morgan fingerprint density at radius 2 is 2.41 bits per heavy atom. The molecule has 0 saturated carbocycles. The molecule has 1 aliphatic heterocycles. The van der Waals surface area contributed by atoms with E-state index in [4.69, 9.17) is 0 Å². The van der Waals surface area contributed by atoms with E-state index in [2.05, 4.69) is 19.8 Å². The molecule has 0 radical (unpaired) electrons. The topological polar surface area (TPSA) is 75.9 Å². The molecule has 1 aliphatic rings. The lowest BCUT2D eigenvalue weighted by Gasteiger charge is -2.32. The number of aromatic nitrogens is 4. The van der Waals surface area contributed by atoms with Gasteiger partial charge in [-0.25, -0.2) is 4.79 Å². The molecule has 3 heterocycles. The summed E-state index contributed by atoms with van der Waals surface area (Å²) in [5, 5.41) is 8.43. The van der Waals surface area contributed by atoms with Crippen LogP contribution in [0.15, 0.2) is 17.6 Å². The zero-order chi connectivity index (χ0) is 15.5. The van der Waals surface area contributed by atoms with Gasteiger partial charge in [0, 0.05) is 30.8 Å². The summed E-state index contributed by atoms with van der Waals surface area (Å²) in [6.45, 7) is 3.45. The molecule has 0 unspecified atom stereocenters. The summed E-state index contributed by atoms with van der Waals surface area (Å²) in [6, 6.07) is 0.127. The van der Waals surface area contributed by atoms with Crippen LogP contribution >= 0.6 is 23.3 Å². The van der Waals surface area contributed by atoms with Crippen LogP contribution < -0.4 is 5.32 Å². The Morgan fingerprint density at radius 1 is 1.55 bits per heavy atom. The van der Waals surface area contributed by atoms with Crippen LogP contribution in [0.2, 0.25) is 0 Å². The smallest absolute Gasteiger partial charge is 0.322 e. The summed E-state index contributed by atoms with van der Waals surface area (Å²) in [5.74, 6) is 0. The summed E-state index contributed by atoms with van der Waals surface area (Å²) < 4.78 is 6.11. The van der Waals surface area contributed by atoms with Gasteiger partial charge in [-0.3, -0.25) is 10.00 Å². The third-order valence-electron chi connectivity index (χ3n) is 3.59. The van der Waals surface area contributed by atoms with E-state index in [1.165, 1.54) is 23.3 Å². The number of carbonyl (C=O) groups excluding carboxylic acids is 1. The Kier molecular flexibility index (Phi) is 4.63. The molecule has 0 aromatic carbocycles. The van der Waals surface area contributed by atoms with Gasteiger partial charge in [-0.05, 0) is 31.6 Å².